The number of phenolic OH excluding ortho intramolecular Hbond substituents is 1. The van der Waals surface area contributed by atoms with Crippen molar-refractivity contribution < 1.29 is 44.2 Å². The third-order valence-electron chi connectivity index (χ3n) is 8.57. The van der Waals surface area contributed by atoms with Crippen LogP contribution >= 0.6 is 0 Å². The summed E-state index contributed by atoms with van der Waals surface area (Å²) in [5.41, 5.74) is 0.155. The molecule has 0 aliphatic heterocycles. The highest BCUT2D eigenvalue weighted by Crippen LogP contribution is 2.57. The largest absolute Gasteiger partial charge is 0.507 e. The zero-order valence-corrected chi connectivity index (χ0v) is 22.3. The molecule has 0 heterocycles. The Hall–Kier alpha value is -3.55. The molecule has 0 bridgehead atoms. The van der Waals surface area contributed by atoms with Gasteiger partial charge < -0.3 is 21.1 Å². The fourth-order valence-electron chi connectivity index (χ4n) is 6.84. The summed E-state index contributed by atoms with van der Waals surface area (Å²) in [4.78, 5) is 79.3. The molecule has 3 aliphatic rings. The number of amides is 1. The SMILES string of the molecule is C[C@@H]1c2c([N+](=O)[O-])cc(C(C)(C)C)c(O)c2C(=O)C2C(=O)[C@@]3(O)C(=O)C(C(N)=O)C(=O)[C@H](N(C)C)[C@H]3[C@H](O)[C@H]21. The summed E-state index contributed by atoms with van der Waals surface area (Å²) in [6.45, 7) is 6.40. The molecule has 3 aliphatic carbocycles. The van der Waals surface area contributed by atoms with Crippen molar-refractivity contribution in [2.45, 2.75) is 56.8 Å². The van der Waals surface area contributed by atoms with Gasteiger partial charge in [0.05, 0.1) is 34.5 Å². The molecule has 0 radical (unpaired) electrons. The number of aliphatic hydroxyl groups excluding tert-OH is 1. The van der Waals surface area contributed by atoms with Gasteiger partial charge in [-0.15, -0.1) is 0 Å². The molecule has 0 aromatic heterocycles. The van der Waals surface area contributed by atoms with Gasteiger partial charge in [0.25, 0.3) is 5.69 Å². The van der Waals surface area contributed by atoms with Crippen LogP contribution in [0.5, 0.6) is 5.75 Å². The molecule has 13 nitrogen and oxygen atoms in total. The lowest BCUT2D eigenvalue weighted by Crippen LogP contribution is -2.77. The molecule has 4 rings (SSSR count). The van der Waals surface area contributed by atoms with Gasteiger partial charge >= 0.3 is 0 Å². The van der Waals surface area contributed by atoms with Gasteiger partial charge in [-0.1, -0.05) is 27.7 Å². The van der Waals surface area contributed by atoms with Crippen molar-refractivity contribution in [1.29, 1.82) is 0 Å². The standard InChI is InChI=1S/C26H31N3O10/c1-8-11-10(29(38)39)7-9(25(2,3)4)18(30)13(11)19(31)14-12(8)20(32)16-17(28(5)6)21(33)15(24(27)36)23(35)26(16,37)22(14)34/h7-8,12,14-17,20,30,32,37H,1-6H3,(H2,27,36)/t8-,12+,14?,15?,16+,17-,20-,26-/m1/s1. The Bertz CT molecular complexity index is 1360. The van der Waals surface area contributed by atoms with Crippen LogP contribution in [0.25, 0.3) is 0 Å². The number of nitrogens with two attached hydrogens (primary N) is 1. The van der Waals surface area contributed by atoms with Crippen LogP contribution in [0.4, 0.5) is 5.69 Å². The predicted molar refractivity (Wildman–Crippen MR) is 133 cm³/mol. The summed E-state index contributed by atoms with van der Waals surface area (Å²) >= 11 is 0. The van der Waals surface area contributed by atoms with Crippen molar-refractivity contribution in [3.8, 4) is 5.75 Å². The number of Topliss-reactive ketones (excluding diaryl/α,β-unsaturated/α-hetero) is 4. The smallest absolute Gasteiger partial charge is 0.274 e. The molecule has 5 N–H and O–H groups in total. The second-order valence-electron chi connectivity index (χ2n) is 12.0. The number of primary amides is 1. The molecule has 39 heavy (non-hydrogen) atoms. The van der Waals surface area contributed by atoms with Gasteiger partial charge in [0.2, 0.25) is 5.91 Å². The van der Waals surface area contributed by atoms with E-state index in [0.29, 0.717) is 0 Å². The molecule has 1 amide bonds. The maximum atomic E-state index is 14.0. The molecule has 13 heteroatoms. The van der Waals surface area contributed by atoms with Gasteiger partial charge in [-0.2, -0.15) is 0 Å². The summed E-state index contributed by atoms with van der Waals surface area (Å²) in [7, 11) is 2.75. The number of aliphatic hydroxyl groups is 2. The van der Waals surface area contributed by atoms with Gasteiger partial charge in [-0.25, -0.2) is 0 Å². The van der Waals surface area contributed by atoms with E-state index in [1.807, 2.05) is 0 Å². The Kier molecular flexibility index (Phi) is 6.37. The number of ketones is 4. The number of aromatic hydroxyl groups is 1. The molecule has 0 spiro atoms. The van der Waals surface area contributed by atoms with Crippen molar-refractivity contribution in [3.63, 3.8) is 0 Å². The van der Waals surface area contributed by atoms with Crippen molar-refractivity contribution in [2.75, 3.05) is 14.1 Å². The van der Waals surface area contributed by atoms with Gasteiger partial charge in [-0.05, 0) is 25.4 Å². The van der Waals surface area contributed by atoms with Crippen LogP contribution in [-0.2, 0) is 24.6 Å². The van der Waals surface area contributed by atoms with Crippen LogP contribution in [0, 0.1) is 33.8 Å². The third kappa shape index (κ3) is 3.60. The van der Waals surface area contributed by atoms with E-state index < -0.39 is 104 Å². The summed E-state index contributed by atoms with van der Waals surface area (Å²) in [5, 5.41) is 46.6. The monoisotopic (exact) mass is 545 g/mol. The van der Waals surface area contributed by atoms with Crippen LogP contribution in [0.2, 0.25) is 0 Å². The van der Waals surface area contributed by atoms with E-state index in [2.05, 4.69) is 0 Å². The number of phenols is 1. The maximum Gasteiger partial charge on any atom is 0.274 e. The number of carbonyl (C=O) groups excluding carboxylic acids is 5. The fourth-order valence-corrected chi connectivity index (χ4v) is 6.84. The second-order valence-corrected chi connectivity index (χ2v) is 12.0. The Labute approximate surface area is 223 Å². The Morgan fingerprint density at radius 2 is 1.72 bits per heavy atom. The summed E-state index contributed by atoms with van der Waals surface area (Å²) in [5.74, 6) is -15.4. The van der Waals surface area contributed by atoms with E-state index >= 15 is 0 Å². The molecular weight excluding hydrogens is 514 g/mol. The number of fused-ring (bicyclic) bond motifs is 3. The van der Waals surface area contributed by atoms with Gasteiger partial charge in [0.1, 0.15) is 5.75 Å². The molecule has 1 aromatic carbocycles. The number of hydrogen-bond donors (Lipinski definition) is 4. The minimum atomic E-state index is -3.14. The highest BCUT2D eigenvalue weighted by Gasteiger charge is 2.73. The first kappa shape index (κ1) is 28.5. The Balaban J connectivity index is 2.04. The lowest BCUT2D eigenvalue weighted by atomic mass is 9.49. The third-order valence-corrected chi connectivity index (χ3v) is 8.57. The Morgan fingerprint density at radius 1 is 1.15 bits per heavy atom. The van der Waals surface area contributed by atoms with Crippen molar-refractivity contribution >= 4 is 34.7 Å². The van der Waals surface area contributed by atoms with Crippen molar-refractivity contribution in [3.05, 3.63) is 32.9 Å². The van der Waals surface area contributed by atoms with E-state index in [-0.39, 0.29) is 11.1 Å². The van der Waals surface area contributed by atoms with Gasteiger partial charge in [0.15, 0.2) is 34.7 Å². The number of nitro groups is 1. The molecular formula is C26H31N3O10. The van der Waals surface area contributed by atoms with Crippen LogP contribution in [0.15, 0.2) is 6.07 Å². The molecule has 1 aromatic rings. The Morgan fingerprint density at radius 3 is 2.18 bits per heavy atom. The lowest BCUT2D eigenvalue weighted by molar-refractivity contribution is -0.386. The average molecular weight is 546 g/mol. The van der Waals surface area contributed by atoms with E-state index in [9.17, 15) is 49.4 Å². The first-order chi connectivity index (χ1) is 17.8. The first-order valence-electron chi connectivity index (χ1n) is 12.4. The van der Waals surface area contributed by atoms with Crippen LogP contribution < -0.4 is 5.73 Å². The number of benzene rings is 1. The molecule has 0 saturated heterocycles. The van der Waals surface area contributed by atoms with Crippen LogP contribution in [-0.4, -0.2) is 86.0 Å². The second kappa shape index (κ2) is 8.73. The van der Waals surface area contributed by atoms with Gasteiger partial charge in [0, 0.05) is 23.1 Å². The van der Waals surface area contributed by atoms with E-state index in [4.69, 9.17) is 5.73 Å². The van der Waals surface area contributed by atoms with Crippen molar-refractivity contribution in [1.82, 2.24) is 4.90 Å². The minimum Gasteiger partial charge on any atom is -0.507 e. The number of nitrogens with zero attached hydrogens (tertiary/aromatic N) is 2. The van der Waals surface area contributed by atoms with Crippen LogP contribution in [0.3, 0.4) is 0 Å². The molecule has 210 valence electrons. The summed E-state index contributed by atoms with van der Waals surface area (Å²) in [6.07, 6.45) is -1.87. The minimum absolute atomic E-state index is 0.0631. The summed E-state index contributed by atoms with van der Waals surface area (Å²) in [6, 6.07) is -0.375. The first-order valence-corrected chi connectivity index (χ1v) is 12.4. The zero-order chi connectivity index (χ0) is 29.7. The lowest BCUT2D eigenvalue weighted by Gasteiger charge is -2.55. The molecule has 2 saturated carbocycles. The highest BCUT2D eigenvalue weighted by molar-refractivity contribution is 6.32. The fraction of sp³-hybridized carbons (Fsp3) is 0.577. The predicted octanol–water partition coefficient (Wildman–Crippen LogP) is -0.395. The van der Waals surface area contributed by atoms with Crippen molar-refractivity contribution in [2.24, 2.45) is 29.4 Å². The van der Waals surface area contributed by atoms with E-state index in [1.54, 1.807) is 20.8 Å². The number of nitro benzene ring substituents is 1. The quantitative estimate of drug-likeness (QED) is 0.218. The summed E-state index contributed by atoms with van der Waals surface area (Å²) < 4.78 is 0. The van der Waals surface area contributed by atoms with Gasteiger partial charge in [-0.3, -0.25) is 39.0 Å². The number of hydrogen-bond acceptors (Lipinski definition) is 11. The molecule has 8 atom stereocenters. The molecule has 2 unspecified atom stereocenters. The highest BCUT2D eigenvalue weighted by atomic mass is 16.6. The number of carbonyl (C=O) groups is 5. The normalized spacial score (nSPS) is 34.4. The number of likely N-dealkylation sites (N-methyl/N-ethyl adjacent to an activating group) is 1. The molecule has 2 fully saturated rings. The van der Waals surface area contributed by atoms with E-state index in [0.717, 1.165) is 6.07 Å². The van der Waals surface area contributed by atoms with Crippen LogP contribution in [0.1, 0.15) is 55.1 Å². The topological polar surface area (TPSA) is 218 Å². The maximum absolute atomic E-state index is 14.0. The van der Waals surface area contributed by atoms with E-state index in [1.165, 1.54) is 25.9 Å². The average Bonchev–Trinajstić information content (AvgIpc) is 2.79. The number of rotatable bonds is 3. The zero-order valence-electron chi connectivity index (χ0n) is 22.3.